The van der Waals surface area contributed by atoms with Gasteiger partial charge in [0.15, 0.2) is 0 Å². The lowest BCUT2D eigenvalue weighted by molar-refractivity contribution is -0.236. The molecule has 1 fully saturated rings. The third kappa shape index (κ3) is 2.80. The first kappa shape index (κ1) is 15.6. The first-order chi connectivity index (χ1) is 10.5. The summed E-state index contributed by atoms with van der Waals surface area (Å²) in [6, 6.07) is 3.45. The molecule has 2 nitrogen and oxygen atoms in total. The summed E-state index contributed by atoms with van der Waals surface area (Å²) < 4.78 is 33.6. The van der Waals surface area contributed by atoms with Crippen molar-refractivity contribution in [1.82, 2.24) is 0 Å². The van der Waals surface area contributed by atoms with E-state index in [1.165, 1.54) is 0 Å². The number of aromatic hydroxyl groups is 1. The second kappa shape index (κ2) is 6.05. The molecular formula is C18H24F2O2. The van der Waals surface area contributed by atoms with Crippen molar-refractivity contribution in [3.63, 3.8) is 0 Å². The summed E-state index contributed by atoms with van der Waals surface area (Å²) in [5.74, 6) is -0.751. The Morgan fingerprint density at radius 3 is 2.77 bits per heavy atom. The van der Waals surface area contributed by atoms with E-state index in [1.54, 1.807) is 12.1 Å². The third-order valence-electron chi connectivity index (χ3n) is 5.06. The van der Waals surface area contributed by atoms with Crippen LogP contribution in [-0.4, -0.2) is 11.2 Å². The standard InChI is InChI=1S/C18H24F2O2/c1-2-3-4-7-12-10-15(21)17-13-8-5-6-9-14(13)18(19,20)22-16(17)11-12/h10-11,13-14,21H,2-9H2,1H3/t13-,14+/m0/s1. The zero-order valence-corrected chi connectivity index (χ0v) is 13.1. The molecule has 22 heavy (non-hydrogen) atoms. The van der Waals surface area contributed by atoms with Gasteiger partial charge in [0.2, 0.25) is 0 Å². The van der Waals surface area contributed by atoms with Crippen LogP contribution in [0.2, 0.25) is 0 Å². The van der Waals surface area contributed by atoms with Crippen molar-refractivity contribution >= 4 is 0 Å². The number of hydrogen-bond acceptors (Lipinski definition) is 2. The summed E-state index contributed by atoms with van der Waals surface area (Å²) in [7, 11) is 0. The lowest BCUT2D eigenvalue weighted by Crippen LogP contribution is -2.43. The summed E-state index contributed by atoms with van der Waals surface area (Å²) in [6.07, 6.45) is 3.80. The van der Waals surface area contributed by atoms with Crippen LogP contribution in [0.25, 0.3) is 0 Å². The largest absolute Gasteiger partial charge is 0.508 e. The van der Waals surface area contributed by atoms with Crippen LogP contribution in [0.3, 0.4) is 0 Å². The Hall–Kier alpha value is -1.32. The summed E-state index contributed by atoms with van der Waals surface area (Å²) >= 11 is 0. The quantitative estimate of drug-likeness (QED) is 0.756. The van der Waals surface area contributed by atoms with E-state index in [4.69, 9.17) is 4.74 Å². The molecule has 3 rings (SSSR count). The second-order valence-electron chi connectivity index (χ2n) is 6.65. The Morgan fingerprint density at radius 2 is 2.00 bits per heavy atom. The topological polar surface area (TPSA) is 29.5 Å². The number of benzene rings is 1. The predicted octanol–water partition coefficient (Wildman–Crippen LogP) is 5.38. The monoisotopic (exact) mass is 310 g/mol. The number of fused-ring (bicyclic) bond motifs is 3. The molecule has 122 valence electrons. The molecule has 0 amide bonds. The molecule has 1 saturated carbocycles. The number of halogens is 2. The SMILES string of the molecule is CCCCCc1cc(O)c2c(c1)OC(F)(F)[C@@H]1CCCC[C@H]21. The molecule has 2 aliphatic rings. The summed E-state index contributed by atoms with van der Waals surface area (Å²) in [5.41, 5.74) is 1.49. The molecule has 0 aromatic heterocycles. The average molecular weight is 310 g/mol. The first-order valence-corrected chi connectivity index (χ1v) is 8.45. The highest BCUT2D eigenvalue weighted by atomic mass is 19.3. The fourth-order valence-corrected chi connectivity index (χ4v) is 3.95. The van der Waals surface area contributed by atoms with Gasteiger partial charge in [-0.3, -0.25) is 0 Å². The molecule has 1 heterocycles. The van der Waals surface area contributed by atoms with Crippen LogP contribution in [0.15, 0.2) is 12.1 Å². The van der Waals surface area contributed by atoms with E-state index in [-0.39, 0.29) is 17.4 Å². The van der Waals surface area contributed by atoms with Crippen LogP contribution in [0.5, 0.6) is 11.5 Å². The first-order valence-electron chi connectivity index (χ1n) is 8.45. The Labute approximate surface area is 130 Å². The molecule has 1 aromatic rings. The number of aryl methyl sites for hydroxylation is 1. The zero-order chi connectivity index (χ0) is 15.7. The van der Waals surface area contributed by atoms with Gasteiger partial charge in [0.1, 0.15) is 11.5 Å². The molecule has 1 aliphatic carbocycles. The van der Waals surface area contributed by atoms with Crippen molar-refractivity contribution in [3.8, 4) is 11.5 Å². The lowest BCUT2D eigenvalue weighted by atomic mass is 9.72. The maximum absolute atomic E-state index is 14.3. The van der Waals surface area contributed by atoms with Gasteiger partial charge in [-0.15, -0.1) is 0 Å². The highest BCUT2D eigenvalue weighted by molar-refractivity contribution is 5.51. The minimum atomic E-state index is -3.12. The minimum absolute atomic E-state index is 0.136. The molecule has 0 unspecified atom stereocenters. The van der Waals surface area contributed by atoms with Crippen molar-refractivity contribution in [3.05, 3.63) is 23.3 Å². The fraction of sp³-hybridized carbons (Fsp3) is 0.667. The molecule has 4 heteroatoms. The van der Waals surface area contributed by atoms with E-state index in [1.807, 2.05) is 0 Å². The summed E-state index contributed by atoms with van der Waals surface area (Å²) in [4.78, 5) is 0. The van der Waals surface area contributed by atoms with Crippen LogP contribution in [0, 0.1) is 5.92 Å². The fourth-order valence-electron chi connectivity index (χ4n) is 3.95. The van der Waals surface area contributed by atoms with Crippen molar-refractivity contribution < 1.29 is 18.6 Å². The second-order valence-corrected chi connectivity index (χ2v) is 6.65. The lowest BCUT2D eigenvalue weighted by Gasteiger charge is -2.41. The zero-order valence-electron chi connectivity index (χ0n) is 13.1. The number of hydrogen-bond donors (Lipinski definition) is 1. The van der Waals surface area contributed by atoms with Crippen LogP contribution in [-0.2, 0) is 6.42 Å². The van der Waals surface area contributed by atoms with Crippen molar-refractivity contribution in [2.75, 3.05) is 0 Å². The van der Waals surface area contributed by atoms with Gasteiger partial charge < -0.3 is 9.84 Å². The van der Waals surface area contributed by atoms with Gasteiger partial charge in [-0.1, -0.05) is 32.6 Å². The van der Waals surface area contributed by atoms with Gasteiger partial charge >= 0.3 is 6.11 Å². The number of phenols is 1. The molecule has 0 spiro atoms. The van der Waals surface area contributed by atoms with E-state index in [0.717, 1.165) is 44.1 Å². The van der Waals surface area contributed by atoms with E-state index < -0.39 is 12.0 Å². The maximum atomic E-state index is 14.3. The molecular weight excluding hydrogens is 286 g/mol. The molecule has 1 aromatic carbocycles. The highest BCUT2D eigenvalue weighted by Gasteiger charge is 2.53. The summed E-state index contributed by atoms with van der Waals surface area (Å²) in [5, 5.41) is 10.4. The van der Waals surface area contributed by atoms with Gasteiger partial charge in [-0.05, 0) is 43.4 Å². The van der Waals surface area contributed by atoms with Gasteiger partial charge in [-0.2, -0.15) is 8.78 Å². The Morgan fingerprint density at radius 1 is 1.23 bits per heavy atom. The van der Waals surface area contributed by atoms with E-state index in [2.05, 4.69) is 6.92 Å². The van der Waals surface area contributed by atoms with Crippen LogP contribution in [0.4, 0.5) is 8.78 Å². The van der Waals surface area contributed by atoms with E-state index in [0.29, 0.717) is 18.4 Å². The van der Waals surface area contributed by atoms with E-state index >= 15 is 0 Å². The number of alkyl halides is 2. The molecule has 0 radical (unpaired) electrons. The maximum Gasteiger partial charge on any atom is 0.401 e. The summed E-state index contributed by atoms with van der Waals surface area (Å²) in [6.45, 7) is 2.12. The number of ether oxygens (including phenoxy) is 1. The molecule has 2 atom stereocenters. The van der Waals surface area contributed by atoms with Gasteiger partial charge in [0.05, 0.1) is 5.92 Å². The molecule has 1 aliphatic heterocycles. The van der Waals surface area contributed by atoms with Gasteiger partial charge in [-0.25, -0.2) is 0 Å². The van der Waals surface area contributed by atoms with Gasteiger partial charge in [0, 0.05) is 11.5 Å². The van der Waals surface area contributed by atoms with Crippen LogP contribution < -0.4 is 4.74 Å². The highest BCUT2D eigenvalue weighted by Crippen LogP contribution is 2.55. The Bertz CT molecular complexity index is 542. The third-order valence-corrected chi connectivity index (χ3v) is 5.06. The van der Waals surface area contributed by atoms with Crippen molar-refractivity contribution in [2.45, 2.75) is 70.3 Å². The van der Waals surface area contributed by atoms with E-state index in [9.17, 15) is 13.9 Å². The smallest absolute Gasteiger partial charge is 0.401 e. The van der Waals surface area contributed by atoms with Crippen molar-refractivity contribution in [1.29, 1.82) is 0 Å². The van der Waals surface area contributed by atoms with Gasteiger partial charge in [0.25, 0.3) is 0 Å². The number of rotatable bonds is 4. The minimum Gasteiger partial charge on any atom is -0.508 e. The number of phenolic OH excluding ortho intramolecular Hbond substituents is 1. The molecule has 1 N–H and O–H groups in total. The average Bonchev–Trinajstić information content (AvgIpc) is 2.46. The molecule has 0 saturated heterocycles. The molecule has 0 bridgehead atoms. The van der Waals surface area contributed by atoms with Crippen molar-refractivity contribution in [2.24, 2.45) is 5.92 Å². The normalized spacial score (nSPS) is 26.0. The number of unbranched alkanes of at least 4 members (excludes halogenated alkanes) is 2. The predicted molar refractivity (Wildman–Crippen MR) is 81.6 cm³/mol. The van der Waals surface area contributed by atoms with Crippen LogP contribution in [0.1, 0.15) is 68.9 Å². The van der Waals surface area contributed by atoms with Crippen LogP contribution >= 0.6 is 0 Å². The Balaban J connectivity index is 1.93. The Kier molecular flexibility index (Phi) is 4.28.